The number of nitrogens with zero attached hydrogens (tertiary/aromatic N) is 3. The van der Waals surface area contributed by atoms with E-state index in [0.717, 1.165) is 60.9 Å². The van der Waals surface area contributed by atoms with E-state index in [4.69, 9.17) is 4.98 Å². The SMILES string of the molecule is CC1Cc2nc(SCC(=O)N3CCCCC3)n(C3CCCCC3)c(=O)c2S1. The first-order valence-electron chi connectivity index (χ1n) is 10.4. The van der Waals surface area contributed by atoms with Crippen LogP contribution in [-0.2, 0) is 11.2 Å². The molecule has 0 spiro atoms. The first-order chi connectivity index (χ1) is 13.1. The van der Waals surface area contributed by atoms with Gasteiger partial charge in [0.2, 0.25) is 5.91 Å². The Morgan fingerprint density at radius 3 is 2.59 bits per heavy atom. The van der Waals surface area contributed by atoms with Crippen molar-refractivity contribution in [3.63, 3.8) is 0 Å². The van der Waals surface area contributed by atoms with Crippen LogP contribution in [0.2, 0.25) is 0 Å². The van der Waals surface area contributed by atoms with Gasteiger partial charge in [0, 0.05) is 30.8 Å². The zero-order valence-electron chi connectivity index (χ0n) is 16.1. The minimum atomic E-state index is 0.133. The van der Waals surface area contributed by atoms with E-state index >= 15 is 0 Å². The second-order valence-electron chi connectivity index (χ2n) is 8.00. The Morgan fingerprint density at radius 1 is 1.15 bits per heavy atom. The summed E-state index contributed by atoms with van der Waals surface area (Å²) >= 11 is 3.15. The van der Waals surface area contributed by atoms with Gasteiger partial charge < -0.3 is 4.90 Å². The van der Waals surface area contributed by atoms with Crippen LogP contribution in [0.5, 0.6) is 0 Å². The summed E-state index contributed by atoms with van der Waals surface area (Å²) in [7, 11) is 0. The lowest BCUT2D eigenvalue weighted by Crippen LogP contribution is -2.37. The summed E-state index contributed by atoms with van der Waals surface area (Å²) in [5.41, 5.74) is 1.08. The van der Waals surface area contributed by atoms with Crippen LogP contribution in [0, 0.1) is 0 Å². The molecule has 0 N–H and O–H groups in total. The Bertz CT molecular complexity index is 752. The minimum absolute atomic E-state index is 0.133. The first-order valence-corrected chi connectivity index (χ1v) is 12.2. The molecule has 5 nitrogen and oxygen atoms in total. The van der Waals surface area contributed by atoms with Crippen molar-refractivity contribution < 1.29 is 4.79 Å². The molecule has 1 aromatic rings. The number of carbonyl (C=O) groups excluding carboxylic acids is 1. The van der Waals surface area contributed by atoms with Crippen molar-refractivity contribution in [2.24, 2.45) is 0 Å². The van der Waals surface area contributed by atoms with Gasteiger partial charge in [-0.2, -0.15) is 0 Å². The summed E-state index contributed by atoms with van der Waals surface area (Å²) in [6, 6.07) is 0.244. The normalized spacial score (nSPS) is 23.4. The number of hydrogen-bond acceptors (Lipinski definition) is 5. The number of thioether (sulfide) groups is 2. The van der Waals surface area contributed by atoms with Crippen LogP contribution in [0.3, 0.4) is 0 Å². The highest BCUT2D eigenvalue weighted by molar-refractivity contribution is 8.00. The van der Waals surface area contributed by atoms with Crippen molar-refractivity contribution in [3.8, 4) is 0 Å². The molecular weight excluding hydrogens is 378 g/mol. The molecule has 27 heavy (non-hydrogen) atoms. The zero-order chi connectivity index (χ0) is 18.8. The molecule has 1 saturated heterocycles. The minimum Gasteiger partial charge on any atom is -0.342 e. The van der Waals surface area contributed by atoms with Crippen LogP contribution in [0.4, 0.5) is 0 Å². The Labute approximate surface area is 169 Å². The number of aromatic nitrogens is 2. The van der Waals surface area contributed by atoms with Gasteiger partial charge in [-0.3, -0.25) is 14.2 Å². The van der Waals surface area contributed by atoms with Gasteiger partial charge in [-0.1, -0.05) is 37.9 Å². The highest BCUT2D eigenvalue weighted by Gasteiger charge is 2.30. The molecule has 1 atom stereocenters. The van der Waals surface area contributed by atoms with E-state index in [9.17, 15) is 9.59 Å². The van der Waals surface area contributed by atoms with Gasteiger partial charge in [0.1, 0.15) is 0 Å². The highest BCUT2D eigenvalue weighted by atomic mass is 32.2. The third kappa shape index (κ3) is 4.24. The van der Waals surface area contributed by atoms with Crippen molar-refractivity contribution in [3.05, 3.63) is 16.0 Å². The summed E-state index contributed by atoms with van der Waals surface area (Å²) in [5.74, 6) is 0.577. The number of amides is 1. The molecule has 1 aliphatic carbocycles. The lowest BCUT2D eigenvalue weighted by molar-refractivity contribution is -0.129. The number of likely N-dealkylation sites (tertiary alicyclic amines) is 1. The fourth-order valence-corrected chi connectivity index (χ4v) is 6.52. The fourth-order valence-electron chi connectivity index (χ4n) is 4.44. The number of rotatable bonds is 4. The van der Waals surface area contributed by atoms with Crippen LogP contribution in [0.15, 0.2) is 14.8 Å². The summed E-state index contributed by atoms with van der Waals surface area (Å²) in [6.45, 7) is 3.91. The molecule has 2 aliphatic heterocycles. The quantitative estimate of drug-likeness (QED) is 0.560. The van der Waals surface area contributed by atoms with Crippen LogP contribution in [0.25, 0.3) is 0 Å². The standard InChI is InChI=1S/C20H29N3O2S2/c1-14-12-16-18(27-14)19(25)23(15-8-4-2-5-9-15)20(21-16)26-13-17(24)22-10-6-3-7-11-22/h14-15H,2-13H2,1H3. The average molecular weight is 408 g/mol. The van der Waals surface area contributed by atoms with E-state index in [1.165, 1.54) is 37.4 Å². The van der Waals surface area contributed by atoms with Crippen LogP contribution in [0.1, 0.15) is 70.0 Å². The molecule has 2 fully saturated rings. The van der Waals surface area contributed by atoms with E-state index in [2.05, 4.69) is 6.92 Å². The zero-order valence-corrected chi connectivity index (χ0v) is 17.7. The predicted molar refractivity (Wildman–Crippen MR) is 111 cm³/mol. The molecule has 0 aromatic carbocycles. The van der Waals surface area contributed by atoms with Crippen LogP contribution >= 0.6 is 23.5 Å². The first kappa shape index (κ1) is 19.4. The van der Waals surface area contributed by atoms with Gasteiger partial charge in [-0.05, 0) is 32.1 Å². The topological polar surface area (TPSA) is 55.2 Å². The molecule has 1 amide bonds. The third-order valence-corrected chi connectivity index (χ3v) is 8.04. The Kier molecular flexibility index (Phi) is 6.17. The third-order valence-electron chi connectivity index (χ3n) is 5.89. The number of hydrogen-bond donors (Lipinski definition) is 0. The molecular formula is C20H29N3O2S2. The van der Waals surface area contributed by atoms with E-state index in [-0.39, 0.29) is 17.5 Å². The smallest absolute Gasteiger partial charge is 0.268 e. The lowest BCUT2D eigenvalue weighted by atomic mass is 9.95. The monoisotopic (exact) mass is 407 g/mol. The molecule has 3 heterocycles. The summed E-state index contributed by atoms with van der Waals surface area (Å²) in [5, 5.41) is 1.18. The van der Waals surface area contributed by atoms with Gasteiger partial charge in [0.15, 0.2) is 5.16 Å². The Morgan fingerprint density at radius 2 is 1.85 bits per heavy atom. The summed E-state index contributed by atoms with van der Waals surface area (Å²) < 4.78 is 1.94. The van der Waals surface area contributed by atoms with E-state index in [1.54, 1.807) is 11.8 Å². The largest absolute Gasteiger partial charge is 0.342 e. The number of piperidine rings is 1. The lowest BCUT2D eigenvalue weighted by Gasteiger charge is -2.28. The molecule has 148 valence electrons. The fraction of sp³-hybridized carbons (Fsp3) is 0.750. The van der Waals surface area contributed by atoms with Crippen molar-refractivity contribution in [2.75, 3.05) is 18.8 Å². The second-order valence-corrected chi connectivity index (χ2v) is 10.4. The molecule has 4 rings (SSSR count). The van der Waals surface area contributed by atoms with Gasteiger partial charge in [0.25, 0.3) is 5.56 Å². The van der Waals surface area contributed by atoms with Gasteiger partial charge in [-0.15, -0.1) is 11.8 Å². The number of carbonyl (C=O) groups is 1. The second kappa shape index (κ2) is 8.60. The van der Waals surface area contributed by atoms with Gasteiger partial charge in [-0.25, -0.2) is 4.98 Å². The Hall–Kier alpha value is -0.950. The molecule has 1 aromatic heterocycles. The van der Waals surface area contributed by atoms with Crippen molar-refractivity contribution in [1.29, 1.82) is 0 Å². The molecule has 1 saturated carbocycles. The average Bonchev–Trinajstić information content (AvgIpc) is 3.08. The van der Waals surface area contributed by atoms with E-state index in [0.29, 0.717) is 11.0 Å². The van der Waals surface area contributed by atoms with Gasteiger partial charge >= 0.3 is 0 Å². The molecule has 0 bridgehead atoms. The Balaban J connectivity index is 1.58. The molecule has 0 radical (unpaired) electrons. The molecule has 3 aliphatic rings. The maximum atomic E-state index is 13.3. The van der Waals surface area contributed by atoms with Gasteiger partial charge in [0.05, 0.1) is 16.3 Å². The van der Waals surface area contributed by atoms with Crippen molar-refractivity contribution in [1.82, 2.24) is 14.5 Å². The molecule has 7 heteroatoms. The van der Waals surface area contributed by atoms with Crippen molar-refractivity contribution in [2.45, 2.75) is 86.1 Å². The number of fused-ring (bicyclic) bond motifs is 1. The van der Waals surface area contributed by atoms with E-state index < -0.39 is 0 Å². The maximum absolute atomic E-state index is 13.3. The van der Waals surface area contributed by atoms with Crippen molar-refractivity contribution >= 4 is 29.4 Å². The summed E-state index contributed by atoms with van der Waals surface area (Å²) in [4.78, 5) is 33.6. The highest BCUT2D eigenvalue weighted by Crippen LogP contribution is 2.37. The van der Waals surface area contributed by atoms with Crippen LogP contribution < -0.4 is 5.56 Å². The molecule has 1 unspecified atom stereocenters. The maximum Gasteiger partial charge on any atom is 0.268 e. The summed E-state index contributed by atoms with van der Waals surface area (Å²) in [6.07, 6.45) is 10.00. The van der Waals surface area contributed by atoms with E-state index in [1.807, 2.05) is 9.47 Å². The van der Waals surface area contributed by atoms with Crippen LogP contribution in [-0.4, -0.2) is 44.5 Å². The predicted octanol–water partition coefficient (Wildman–Crippen LogP) is 3.89.